The van der Waals surface area contributed by atoms with Crippen LogP contribution in [0.1, 0.15) is 16.2 Å². The van der Waals surface area contributed by atoms with Crippen LogP contribution in [0, 0.1) is 0 Å². The van der Waals surface area contributed by atoms with E-state index in [9.17, 15) is 4.79 Å². The molecule has 3 heterocycles. The van der Waals surface area contributed by atoms with Crippen LogP contribution in [0.3, 0.4) is 0 Å². The fourth-order valence-corrected chi connectivity index (χ4v) is 2.68. The van der Waals surface area contributed by atoms with Gasteiger partial charge in [-0.15, -0.1) is 0 Å². The number of hydrogen-bond donors (Lipinski definition) is 1. The quantitative estimate of drug-likeness (QED) is 0.786. The highest BCUT2D eigenvalue weighted by Gasteiger charge is 2.26. The fourth-order valence-electron chi connectivity index (χ4n) is 2.68. The van der Waals surface area contributed by atoms with E-state index in [1.807, 2.05) is 0 Å². The number of carbonyl (C=O) groups is 1. The summed E-state index contributed by atoms with van der Waals surface area (Å²) in [6.45, 7) is 5.82. The monoisotopic (exact) mass is 310 g/mol. The Kier molecular flexibility index (Phi) is 5.04. The van der Waals surface area contributed by atoms with Crippen LogP contribution >= 0.6 is 0 Å². The van der Waals surface area contributed by atoms with Gasteiger partial charge in [0.1, 0.15) is 0 Å². The molecule has 0 radical (unpaired) electrons. The normalized spacial score (nSPS) is 23.7. The maximum absolute atomic E-state index is 12.4. The van der Waals surface area contributed by atoms with Crippen molar-refractivity contribution < 1.29 is 18.8 Å². The molecule has 1 aromatic rings. The standard InChI is InChI=1S/C14H22N4O4/c15-8-12-10-18(3-6-21-12)14(19)13-7-11(22-16-13)9-17-1-4-20-5-2-17/h7,12H,1-6,8-10,15H2/t12-/m0/s1. The zero-order valence-corrected chi connectivity index (χ0v) is 12.6. The van der Waals surface area contributed by atoms with Crippen LogP contribution in [0.25, 0.3) is 0 Å². The van der Waals surface area contributed by atoms with Gasteiger partial charge in [-0.1, -0.05) is 5.16 Å². The summed E-state index contributed by atoms with van der Waals surface area (Å²) in [5, 5.41) is 3.91. The minimum absolute atomic E-state index is 0.0996. The Labute approximate surface area is 129 Å². The highest BCUT2D eigenvalue weighted by Crippen LogP contribution is 2.13. The fraction of sp³-hybridized carbons (Fsp3) is 0.714. The highest BCUT2D eigenvalue weighted by molar-refractivity contribution is 5.92. The van der Waals surface area contributed by atoms with Crippen LogP contribution in [0.4, 0.5) is 0 Å². The summed E-state index contributed by atoms with van der Waals surface area (Å²) in [6, 6.07) is 1.73. The molecule has 0 spiro atoms. The first-order chi connectivity index (χ1) is 10.8. The molecule has 1 aromatic heterocycles. The molecule has 0 aliphatic carbocycles. The average molecular weight is 310 g/mol. The first-order valence-corrected chi connectivity index (χ1v) is 7.63. The van der Waals surface area contributed by atoms with E-state index in [2.05, 4.69) is 10.1 Å². The van der Waals surface area contributed by atoms with Gasteiger partial charge in [0.15, 0.2) is 11.5 Å². The molecule has 2 aliphatic rings. The Morgan fingerprint density at radius 2 is 2.14 bits per heavy atom. The van der Waals surface area contributed by atoms with Crippen LogP contribution < -0.4 is 5.73 Å². The van der Waals surface area contributed by atoms with E-state index < -0.39 is 0 Å². The second-order valence-electron chi connectivity index (χ2n) is 5.55. The number of carbonyl (C=O) groups excluding carboxylic acids is 1. The molecule has 1 atom stereocenters. The lowest BCUT2D eigenvalue weighted by Gasteiger charge is -2.31. The Hall–Kier alpha value is -1.48. The van der Waals surface area contributed by atoms with Crippen molar-refractivity contribution in [1.29, 1.82) is 0 Å². The summed E-state index contributed by atoms with van der Waals surface area (Å²) in [6.07, 6.45) is -0.0996. The Morgan fingerprint density at radius 1 is 1.32 bits per heavy atom. The number of rotatable bonds is 4. The lowest BCUT2D eigenvalue weighted by atomic mass is 10.2. The first-order valence-electron chi connectivity index (χ1n) is 7.63. The lowest BCUT2D eigenvalue weighted by Crippen LogP contribution is -2.48. The third kappa shape index (κ3) is 3.64. The van der Waals surface area contributed by atoms with Crippen molar-refractivity contribution in [3.63, 3.8) is 0 Å². The predicted molar refractivity (Wildman–Crippen MR) is 77.3 cm³/mol. The van der Waals surface area contributed by atoms with Crippen molar-refractivity contribution >= 4 is 5.91 Å². The zero-order valence-electron chi connectivity index (χ0n) is 12.6. The van der Waals surface area contributed by atoms with Crippen molar-refractivity contribution in [3.8, 4) is 0 Å². The van der Waals surface area contributed by atoms with Gasteiger partial charge in [-0.2, -0.15) is 0 Å². The highest BCUT2D eigenvalue weighted by atomic mass is 16.5. The van der Waals surface area contributed by atoms with Crippen LogP contribution in [0.2, 0.25) is 0 Å². The van der Waals surface area contributed by atoms with E-state index in [1.54, 1.807) is 11.0 Å². The minimum atomic E-state index is -0.126. The SMILES string of the molecule is NC[C@H]1CN(C(=O)c2cc(CN3CCOCC3)on2)CCO1. The maximum atomic E-state index is 12.4. The topological polar surface area (TPSA) is 94.1 Å². The minimum Gasteiger partial charge on any atom is -0.379 e. The van der Waals surface area contributed by atoms with Crippen molar-refractivity contribution in [2.24, 2.45) is 5.73 Å². The molecule has 8 nitrogen and oxygen atoms in total. The van der Waals surface area contributed by atoms with Gasteiger partial charge in [-0.3, -0.25) is 9.69 Å². The molecule has 0 bridgehead atoms. The summed E-state index contributed by atoms with van der Waals surface area (Å²) in [7, 11) is 0. The van der Waals surface area contributed by atoms with Crippen molar-refractivity contribution in [2.75, 3.05) is 52.5 Å². The summed E-state index contributed by atoms with van der Waals surface area (Å²) in [5.41, 5.74) is 5.95. The van der Waals surface area contributed by atoms with Gasteiger partial charge in [-0.05, 0) is 0 Å². The Morgan fingerprint density at radius 3 is 2.91 bits per heavy atom. The van der Waals surface area contributed by atoms with E-state index in [-0.39, 0.29) is 12.0 Å². The number of morpholine rings is 2. The van der Waals surface area contributed by atoms with Crippen LogP contribution in [0.5, 0.6) is 0 Å². The molecule has 2 fully saturated rings. The van der Waals surface area contributed by atoms with Crippen LogP contribution in [-0.2, 0) is 16.0 Å². The zero-order chi connectivity index (χ0) is 15.4. The molecule has 1 amide bonds. The first kappa shape index (κ1) is 15.4. The van der Waals surface area contributed by atoms with E-state index in [0.717, 1.165) is 26.3 Å². The van der Waals surface area contributed by atoms with Crippen LogP contribution in [0.15, 0.2) is 10.6 Å². The smallest absolute Gasteiger partial charge is 0.276 e. The number of amides is 1. The predicted octanol–water partition coefficient (Wildman–Crippen LogP) is -0.693. The van der Waals surface area contributed by atoms with Gasteiger partial charge < -0.3 is 24.6 Å². The number of hydrogen-bond acceptors (Lipinski definition) is 7. The second kappa shape index (κ2) is 7.19. The lowest BCUT2D eigenvalue weighted by molar-refractivity contribution is -0.0170. The van der Waals surface area contributed by atoms with Crippen molar-refractivity contribution in [2.45, 2.75) is 12.6 Å². The van der Waals surface area contributed by atoms with Crippen LogP contribution in [-0.4, -0.2) is 79.5 Å². The average Bonchev–Trinajstić information content (AvgIpc) is 3.03. The summed E-state index contributed by atoms with van der Waals surface area (Å²) < 4.78 is 16.1. The Bertz CT molecular complexity index is 501. The maximum Gasteiger partial charge on any atom is 0.276 e. The number of ether oxygens (including phenoxy) is 2. The molecular weight excluding hydrogens is 288 g/mol. The third-order valence-electron chi connectivity index (χ3n) is 3.95. The Balaban J connectivity index is 1.58. The number of nitrogens with two attached hydrogens (primary N) is 1. The van der Waals surface area contributed by atoms with Crippen molar-refractivity contribution in [3.05, 3.63) is 17.5 Å². The number of nitrogens with zero attached hydrogens (tertiary/aromatic N) is 3. The van der Waals surface area contributed by atoms with Gasteiger partial charge >= 0.3 is 0 Å². The summed E-state index contributed by atoms with van der Waals surface area (Å²) >= 11 is 0. The van der Waals surface area contributed by atoms with Gasteiger partial charge in [0.25, 0.3) is 5.91 Å². The molecule has 2 N–H and O–H groups in total. The van der Waals surface area contributed by atoms with Gasteiger partial charge in [0.05, 0.1) is 32.5 Å². The molecule has 3 rings (SSSR count). The third-order valence-corrected chi connectivity index (χ3v) is 3.95. The largest absolute Gasteiger partial charge is 0.379 e. The van der Waals surface area contributed by atoms with Gasteiger partial charge in [0.2, 0.25) is 0 Å². The molecule has 0 saturated carbocycles. The molecule has 8 heteroatoms. The molecule has 122 valence electrons. The molecular formula is C14H22N4O4. The molecule has 22 heavy (non-hydrogen) atoms. The van der Waals surface area contributed by atoms with Gasteiger partial charge in [-0.25, -0.2) is 0 Å². The van der Waals surface area contributed by atoms with E-state index in [4.69, 9.17) is 19.7 Å². The van der Waals surface area contributed by atoms with Crippen molar-refractivity contribution in [1.82, 2.24) is 15.0 Å². The van der Waals surface area contributed by atoms with E-state index in [1.165, 1.54) is 0 Å². The molecule has 0 unspecified atom stereocenters. The molecule has 0 aromatic carbocycles. The molecule has 2 aliphatic heterocycles. The summed E-state index contributed by atoms with van der Waals surface area (Å²) in [5.74, 6) is 0.576. The number of aromatic nitrogens is 1. The summed E-state index contributed by atoms with van der Waals surface area (Å²) in [4.78, 5) is 16.4. The molecule has 2 saturated heterocycles. The van der Waals surface area contributed by atoms with E-state index in [0.29, 0.717) is 44.2 Å². The van der Waals surface area contributed by atoms with E-state index >= 15 is 0 Å². The second-order valence-corrected chi connectivity index (χ2v) is 5.55. The van der Waals surface area contributed by atoms with Gasteiger partial charge in [0, 0.05) is 38.8 Å².